The number of ether oxygens (including phenoxy) is 1. The molecule has 1 aliphatic carbocycles. The Balaban J connectivity index is 2.26. The lowest BCUT2D eigenvalue weighted by Gasteiger charge is -2.58. The first-order valence-electron chi connectivity index (χ1n) is 7.39. The molecule has 0 spiro atoms. The van der Waals surface area contributed by atoms with Crippen LogP contribution in [0, 0.1) is 19.3 Å². The molecule has 0 bridgehead atoms. The number of aryl methyl sites for hydroxylation is 1. The Hall–Kier alpha value is -1.40. The molecule has 1 amide bonds. The molecule has 1 heterocycles. The number of rotatable bonds is 5. The number of carbonyl (C=O) groups excluding carboxylic acids is 1. The van der Waals surface area contributed by atoms with Crippen LogP contribution in [0.25, 0.3) is 0 Å². The van der Waals surface area contributed by atoms with Gasteiger partial charge in [0.1, 0.15) is 5.54 Å². The van der Waals surface area contributed by atoms with Crippen LogP contribution in [0.5, 0.6) is 0 Å². The highest BCUT2D eigenvalue weighted by molar-refractivity contribution is 7.10. The van der Waals surface area contributed by atoms with Crippen LogP contribution in [0.15, 0.2) is 5.38 Å². The second-order valence-electron chi connectivity index (χ2n) is 6.36. The van der Waals surface area contributed by atoms with Gasteiger partial charge in [0.15, 0.2) is 0 Å². The summed E-state index contributed by atoms with van der Waals surface area (Å²) in [6.45, 7) is 9.90. The third kappa shape index (κ3) is 2.34. The molecule has 122 valence electrons. The number of hydrogen-bond acceptors (Lipinski definition) is 4. The van der Waals surface area contributed by atoms with Crippen molar-refractivity contribution in [3.8, 4) is 0 Å². The molecule has 22 heavy (non-hydrogen) atoms. The lowest BCUT2D eigenvalue weighted by atomic mass is 9.54. The molecule has 0 radical (unpaired) electrons. The lowest BCUT2D eigenvalue weighted by Crippen LogP contribution is -2.76. The zero-order chi connectivity index (χ0) is 16.7. The molecule has 1 aromatic heterocycles. The number of amides is 1. The normalized spacial score (nSPS) is 26.3. The number of aliphatic carboxylic acids is 1. The molecule has 0 aromatic carbocycles. The first-order valence-corrected chi connectivity index (χ1v) is 8.27. The molecule has 2 unspecified atom stereocenters. The van der Waals surface area contributed by atoms with Crippen molar-refractivity contribution in [2.45, 2.75) is 52.7 Å². The largest absolute Gasteiger partial charge is 0.479 e. The fraction of sp³-hybridized carbons (Fsp3) is 0.625. The van der Waals surface area contributed by atoms with Gasteiger partial charge in [-0.05, 0) is 26.3 Å². The van der Waals surface area contributed by atoms with Crippen LogP contribution in [0.4, 0.5) is 0 Å². The quantitative estimate of drug-likeness (QED) is 0.873. The number of hydrogen-bond donors (Lipinski definition) is 2. The van der Waals surface area contributed by atoms with E-state index in [0.29, 0.717) is 12.2 Å². The second-order valence-corrected chi connectivity index (χ2v) is 7.45. The van der Waals surface area contributed by atoms with Gasteiger partial charge in [-0.25, -0.2) is 4.79 Å². The Morgan fingerprint density at radius 1 is 1.45 bits per heavy atom. The van der Waals surface area contributed by atoms with Gasteiger partial charge in [0.2, 0.25) is 0 Å². The van der Waals surface area contributed by atoms with E-state index in [0.717, 1.165) is 10.4 Å². The average molecular weight is 325 g/mol. The van der Waals surface area contributed by atoms with E-state index in [2.05, 4.69) is 5.32 Å². The third-order valence-corrected chi connectivity index (χ3v) is 6.00. The number of carboxylic acid groups (broad SMARTS) is 1. The van der Waals surface area contributed by atoms with E-state index >= 15 is 0 Å². The number of thiophene rings is 1. The van der Waals surface area contributed by atoms with Crippen molar-refractivity contribution in [1.29, 1.82) is 0 Å². The van der Waals surface area contributed by atoms with Crippen molar-refractivity contribution >= 4 is 23.2 Å². The van der Waals surface area contributed by atoms with Crippen molar-refractivity contribution in [2.24, 2.45) is 5.41 Å². The Morgan fingerprint density at radius 2 is 2.09 bits per heavy atom. The fourth-order valence-electron chi connectivity index (χ4n) is 3.04. The van der Waals surface area contributed by atoms with Gasteiger partial charge in [0.25, 0.3) is 5.91 Å². The molecule has 6 heteroatoms. The molecule has 0 saturated heterocycles. The molecule has 1 aromatic rings. The summed E-state index contributed by atoms with van der Waals surface area (Å²) in [5.41, 5.74) is -0.490. The maximum absolute atomic E-state index is 12.5. The van der Waals surface area contributed by atoms with Crippen molar-refractivity contribution < 1.29 is 19.4 Å². The smallest absolute Gasteiger partial charge is 0.330 e. The summed E-state index contributed by atoms with van der Waals surface area (Å²) in [6.07, 6.45) is 0.121. The number of carbonyl (C=O) groups is 2. The summed E-state index contributed by atoms with van der Waals surface area (Å²) in [5.74, 6) is -1.33. The third-order valence-electron chi connectivity index (χ3n) is 4.99. The van der Waals surface area contributed by atoms with Gasteiger partial charge >= 0.3 is 5.97 Å². The van der Waals surface area contributed by atoms with Crippen LogP contribution < -0.4 is 5.32 Å². The van der Waals surface area contributed by atoms with Crippen molar-refractivity contribution in [3.05, 3.63) is 21.4 Å². The van der Waals surface area contributed by atoms with Gasteiger partial charge in [-0.3, -0.25) is 4.79 Å². The maximum atomic E-state index is 12.5. The van der Waals surface area contributed by atoms with Crippen molar-refractivity contribution in [2.75, 3.05) is 6.61 Å². The van der Waals surface area contributed by atoms with E-state index in [1.54, 1.807) is 5.38 Å². The molecule has 0 aliphatic heterocycles. The van der Waals surface area contributed by atoms with Crippen LogP contribution in [0.3, 0.4) is 0 Å². The number of carboxylic acids is 1. The molecule has 2 rings (SSSR count). The SMILES string of the molecule is CCOC1CC(NC(=O)c2csc(C)c2C)(C(=O)O)C1(C)C. The summed E-state index contributed by atoms with van der Waals surface area (Å²) in [4.78, 5) is 25.5. The lowest BCUT2D eigenvalue weighted by molar-refractivity contribution is -0.190. The van der Waals surface area contributed by atoms with Gasteiger partial charge in [0, 0.05) is 28.7 Å². The molecule has 1 fully saturated rings. The van der Waals surface area contributed by atoms with Crippen LogP contribution in [-0.2, 0) is 9.53 Å². The minimum Gasteiger partial charge on any atom is -0.479 e. The van der Waals surface area contributed by atoms with Crippen LogP contribution in [-0.4, -0.2) is 35.2 Å². The maximum Gasteiger partial charge on any atom is 0.330 e. The zero-order valence-electron chi connectivity index (χ0n) is 13.6. The first-order chi connectivity index (χ1) is 10.2. The number of nitrogens with one attached hydrogen (secondary N) is 1. The van der Waals surface area contributed by atoms with E-state index in [9.17, 15) is 14.7 Å². The Morgan fingerprint density at radius 3 is 2.50 bits per heavy atom. The minimum absolute atomic E-state index is 0.167. The molecule has 1 aliphatic rings. The van der Waals surface area contributed by atoms with Gasteiger partial charge in [-0.2, -0.15) is 0 Å². The molecular weight excluding hydrogens is 302 g/mol. The predicted molar refractivity (Wildman–Crippen MR) is 85.4 cm³/mol. The summed E-state index contributed by atoms with van der Waals surface area (Å²) < 4.78 is 5.60. The summed E-state index contributed by atoms with van der Waals surface area (Å²) in [7, 11) is 0. The van der Waals surface area contributed by atoms with Gasteiger partial charge < -0.3 is 15.2 Å². The monoisotopic (exact) mass is 325 g/mol. The van der Waals surface area contributed by atoms with E-state index < -0.39 is 16.9 Å². The average Bonchev–Trinajstić information content (AvgIpc) is 2.77. The molecule has 2 N–H and O–H groups in total. The second kappa shape index (κ2) is 5.66. The fourth-order valence-corrected chi connectivity index (χ4v) is 3.90. The summed E-state index contributed by atoms with van der Waals surface area (Å²) >= 11 is 1.49. The molecule has 5 nitrogen and oxygen atoms in total. The summed E-state index contributed by atoms with van der Waals surface area (Å²) in [6, 6.07) is 0. The topological polar surface area (TPSA) is 75.6 Å². The molecular formula is C16H23NO4S. The molecule has 1 saturated carbocycles. The van der Waals surface area contributed by atoms with E-state index in [4.69, 9.17) is 4.74 Å². The first kappa shape index (κ1) is 17.0. The van der Waals surface area contributed by atoms with Crippen LogP contribution in [0.2, 0.25) is 0 Å². The highest BCUT2D eigenvalue weighted by Crippen LogP contribution is 2.51. The summed E-state index contributed by atoms with van der Waals surface area (Å²) in [5, 5.41) is 14.3. The van der Waals surface area contributed by atoms with Gasteiger partial charge in [-0.15, -0.1) is 11.3 Å². The van der Waals surface area contributed by atoms with Gasteiger partial charge in [-0.1, -0.05) is 13.8 Å². The highest BCUT2D eigenvalue weighted by atomic mass is 32.1. The molecule has 2 atom stereocenters. The highest BCUT2D eigenvalue weighted by Gasteiger charge is 2.66. The Kier molecular flexibility index (Phi) is 4.37. The van der Waals surface area contributed by atoms with E-state index in [1.807, 2.05) is 34.6 Å². The minimum atomic E-state index is -1.29. The Labute approximate surface area is 134 Å². The van der Waals surface area contributed by atoms with Crippen molar-refractivity contribution in [3.63, 3.8) is 0 Å². The zero-order valence-corrected chi connectivity index (χ0v) is 14.5. The predicted octanol–water partition coefficient (Wildman–Crippen LogP) is 2.75. The Bertz CT molecular complexity index is 607. The van der Waals surface area contributed by atoms with Crippen LogP contribution >= 0.6 is 11.3 Å². The van der Waals surface area contributed by atoms with Crippen LogP contribution in [0.1, 0.15) is 48.0 Å². The van der Waals surface area contributed by atoms with E-state index in [1.165, 1.54) is 11.3 Å². The van der Waals surface area contributed by atoms with E-state index in [-0.39, 0.29) is 18.4 Å². The van der Waals surface area contributed by atoms with Gasteiger partial charge in [0.05, 0.1) is 11.7 Å². The standard InChI is InChI=1S/C16H23NO4S/c1-6-21-12-7-16(14(19)20,15(12,4)5)17-13(18)11-8-22-10(3)9(11)2/h8,12H,6-7H2,1-5H3,(H,17,18)(H,19,20). The van der Waals surface area contributed by atoms with Crippen molar-refractivity contribution in [1.82, 2.24) is 5.32 Å².